The van der Waals surface area contributed by atoms with Crippen molar-refractivity contribution in [3.05, 3.63) is 29.8 Å². The molecular weight excluding hydrogens is 210 g/mol. The maximum absolute atomic E-state index is 5.74. The van der Waals surface area contributed by atoms with Crippen LogP contribution in [0.4, 0.5) is 5.69 Å². The highest BCUT2D eigenvalue weighted by atomic mass is 15.2. The minimum atomic E-state index is 0.186. The molecule has 1 saturated heterocycles. The van der Waals surface area contributed by atoms with Gasteiger partial charge in [0.15, 0.2) is 0 Å². The third-order valence-electron chi connectivity index (χ3n) is 3.52. The zero-order chi connectivity index (χ0) is 12.3. The van der Waals surface area contributed by atoms with E-state index in [1.54, 1.807) is 0 Å². The topological polar surface area (TPSA) is 41.3 Å². The number of piperazine rings is 1. The van der Waals surface area contributed by atoms with Crippen molar-refractivity contribution in [2.24, 2.45) is 0 Å². The van der Waals surface area contributed by atoms with Gasteiger partial charge in [-0.3, -0.25) is 4.90 Å². The van der Waals surface area contributed by atoms with Crippen LogP contribution < -0.4 is 11.1 Å². The molecule has 17 heavy (non-hydrogen) atoms. The molecule has 3 nitrogen and oxygen atoms in total. The van der Waals surface area contributed by atoms with Crippen LogP contribution in [0.5, 0.6) is 0 Å². The van der Waals surface area contributed by atoms with Crippen molar-refractivity contribution < 1.29 is 0 Å². The normalized spacial score (nSPS) is 18.2. The van der Waals surface area contributed by atoms with Crippen molar-refractivity contribution >= 4 is 5.69 Å². The molecule has 0 saturated carbocycles. The number of nitrogens with one attached hydrogen (secondary N) is 1. The summed E-state index contributed by atoms with van der Waals surface area (Å²) < 4.78 is 0. The molecule has 3 heteroatoms. The van der Waals surface area contributed by atoms with Crippen molar-refractivity contribution in [3.8, 4) is 0 Å². The largest absolute Gasteiger partial charge is 0.399 e. The zero-order valence-electron chi connectivity index (χ0n) is 10.9. The Bertz CT molecular complexity index is 350. The average molecular weight is 233 g/mol. The highest BCUT2D eigenvalue weighted by molar-refractivity contribution is 5.41. The molecule has 0 spiro atoms. The van der Waals surface area contributed by atoms with Crippen molar-refractivity contribution in [2.75, 3.05) is 38.5 Å². The Morgan fingerprint density at radius 2 is 1.76 bits per heavy atom. The molecule has 1 aromatic rings. The molecule has 1 aliphatic heterocycles. The van der Waals surface area contributed by atoms with E-state index in [2.05, 4.69) is 36.2 Å². The van der Waals surface area contributed by atoms with Gasteiger partial charge in [0.05, 0.1) is 0 Å². The van der Waals surface area contributed by atoms with Crippen LogP contribution in [0.15, 0.2) is 24.3 Å². The van der Waals surface area contributed by atoms with Crippen molar-refractivity contribution in [1.82, 2.24) is 10.2 Å². The Labute approximate surface area is 104 Å². The van der Waals surface area contributed by atoms with Crippen LogP contribution in [0, 0.1) is 0 Å². The molecule has 1 heterocycles. The van der Waals surface area contributed by atoms with Crippen molar-refractivity contribution in [2.45, 2.75) is 19.3 Å². The molecule has 94 valence electrons. The van der Waals surface area contributed by atoms with Crippen LogP contribution in [0.1, 0.15) is 19.4 Å². The molecule has 0 unspecified atom stereocenters. The van der Waals surface area contributed by atoms with E-state index >= 15 is 0 Å². The second kappa shape index (κ2) is 5.07. The number of benzene rings is 1. The lowest BCUT2D eigenvalue weighted by atomic mass is 9.84. The zero-order valence-corrected chi connectivity index (χ0v) is 10.9. The van der Waals surface area contributed by atoms with Crippen LogP contribution in [-0.4, -0.2) is 37.6 Å². The first kappa shape index (κ1) is 12.4. The van der Waals surface area contributed by atoms with E-state index in [0.717, 1.165) is 38.4 Å². The van der Waals surface area contributed by atoms with E-state index in [1.165, 1.54) is 5.56 Å². The number of rotatable bonds is 3. The van der Waals surface area contributed by atoms with E-state index in [-0.39, 0.29) is 5.41 Å². The number of nitrogen functional groups attached to an aromatic ring is 1. The van der Waals surface area contributed by atoms with Gasteiger partial charge in [-0.05, 0) is 17.7 Å². The summed E-state index contributed by atoms with van der Waals surface area (Å²) in [5.74, 6) is 0. The molecule has 1 fully saturated rings. The van der Waals surface area contributed by atoms with Crippen molar-refractivity contribution in [1.29, 1.82) is 0 Å². The van der Waals surface area contributed by atoms with Crippen LogP contribution in [0.3, 0.4) is 0 Å². The van der Waals surface area contributed by atoms with Crippen LogP contribution >= 0.6 is 0 Å². The second-order valence-corrected chi connectivity index (χ2v) is 5.53. The molecule has 2 rings (SSSR count). The molecule has 0 amide bonds. The lowest BCUT2D eigenvalue weighted by Crippen LogP contribution is -2.47. The Balaban J connectivity index is 2.04. The first-order valence-electron chi connectivity index (χ1n) is 6.37. The molecule has 1 aliphatic rings. The van der Waals surface area contributed by atoms with Gasteiger partial charge in [-0.1, -0.05) is 26.0 Å². The van der Waals surface area contributed by atoms with E-state index in [4.69, 9.17) is 5.73 Å². The van der Waals surface area contributed by atoms with Crippen LogP contribution in [0.2, 0.25) is 0 Å². The summed E-state index contributed by atoms with van der Waals surface area (Å²) >= 11 is 0. The maximum Gasteiger partial charge on any atom is 0.0314 e. The van der Waals surface area contributed by atoms with Gasteiger partial charge >= 0.3 is 0 Å². The number of hydrogen-bond acceptors (Lipinski definition) is 3. The fourth-order valence-corrected chi connectivity index (χ4v) is 2.45. The summed E-state index contributed by atoms with van der Waals surface area (Å²) in [6, 6.07) is 8.29. The molecule has 3 N–H and O–H groups in total. The van der Waals surface area contributed by atoms with E-state index in [9.17, 15) is 0 Å². The highest BCUT2D eigenvalue weighted by Crippen LogP contribution is 2.25. The van der Waals surface area contributed by atoms with Crippen LogP contribution in [-0.2, 0) is 5.41 Å². The summed E-state index contributed by atoms with van der Waals surface area (Å²) in [7, 11) is 0. The minimum Gasteiger partial charge on any atom is -0.399 e. The monoisotopic (exact) mass is 233 g/mol. The highest BCUT2D eigenvalue weighted by Gasteiger charge is 2.24. The van der Waals surface area contributed by atoms with Gasteiger partial charge in [0, 0.05) is 43.8 Å². The summed E-state index contributed by atoms with van der Waals surface area (Å²) in [5, 5.41) is 3.39. The van der Waals surface area contributed by atoms with Gasteiger partial charge in [0.1, 0.15) is 0 Å². The minimum absolute atomic E-state index is 0.186. The van der Waals surface area contributed by atoms with Crippen LogP contribution in [0.25, 0.3) is 0 Å². The number of hydrogen-bond donors (Lipinski definition) is 2. The molecule has 0 aromatic heterocycles. The molecule has 1 aromatic carbocycles. The Kier molecular flexibility index (Phi) is 3.69. The van der Waals surface area contributed by atoms with E-state index in [0.29, 0.717) is 0 Å². The van der Waals surface area contributed by atoms with E-state index < -0.39 is 0 Å². The van der Waals surface area contributed by atoms with Gasteiger partial charge in [-0.2, -0.15) is 0 Å². The number of anilines is 1. The third-order valence-corrected chi connectivity index (χ3v) is 3.52. The maximum atomic E-state index is 5.74. The Hall–Kier alpha value is -1.06. The smallest absolute Gasteiger partial charge is 0.0314 e. The summed E-state index contributed by atoms with van der Waals surface area (Å²) in [6.07, 6.45) is 0. The molecule has 0 bridgehead atoms. The first-order chi connectivity index (χ1) is 8.08. The van der Waals surface area contributed by atoms with Gasteiger partial charge < -0.3 is 11.1 Å². The first-order valence-corrected chi connectivity index (χ1v) is 6.37. The third kappa shape index (κ3) is 3.20. The predicted molar refractivity (Wildman–Crippen MR) is 73.2 cm³/mol. The molecule has 0 radical (unpaired) electrons. The fraction of sp³-hybridized carbons (Fsp3) is 0.571. The summed E-state index contributed by atoms with van der Waals surface area (Å²) in [6.45, 7) is 10.2. The summed E-state index contributed by atoms with van der Waals surface area (Å²) in [5.41, 5.74) is 8.13. The van der Waals surface area contributed by atoms with E-state index in [1.807, 2.05) is 12.1 Å². The standard InChI is InChI=1S/C14H23N3/c1-14(2,11-17-9-7-16-8-10-17)12-3-5-13(15)6-4-12/h3-6,16H,7-11,15H2,1-2H3. The SMILES string of the molecule is CC(C)(CN1CCNCC1)c1ccc(N)cc1. The second-order valence-electron chi connectivity index (χ2n) is 5.53. The van der Waals surface area contributed by atoms with Crippen molar-refractivity contribution in [3.63, 3.8) is 0 Å². The molecule has 0 aliphatic carbocycles. The number of nitrogens with zero attached hydrogens (tertiary/aromatic N) is 1. The van der Waals surface area contributed by atoms with Gasteiger partial charge in [-0.15, -0.1) is 0 Å². The fourth-order valence-electron chi connectivity index (χ4n) is 2.45. The molecular formula is C14H23N3. The Morgan fingerprint density at radius 1 is 1.18 bits per heavy atom. The predicted octanol–water partition coefficient (Wildman–Crippen LogP) is 1.45. The van der Waals surface area contributed by atoms with Gasteiger partial charge in [0.25, 0.3) is 0 Å². The lowest BCUT2D eigenvalue weighted by Gasteiger charge is -2.35. The average Bonchev–Trinajstić information content (AvgIpc) is 2.30. The lowest BCUT2D eigenvalue weighted by molar-refractivity contribution is 0.200. The number of nitrogens with two attached hydrogens (primary N) is 1. The van der Waals surface area contributed by atoms with Gasteiger partial charge in [-0.25, -0.2) is 0 Å². The Morgan fingerprint density at radius 3 is 2.35 bits per heavy atom. The van der Waals surface area contributed by atoms with Gasteiger partial charge in [0.2, 0.25) is 0 Å². The quantitative estimate of drug-likeness (QED) is 0.777. The summed E-state index contributed by atoms with van der Waals surface area (Å²) in [4.78, 5) is 2.53. The molecule has 0 atom stereocenters.